The number of aromatic amines is 1. The maximum Gasteiger partial charge on any atom is 0.103 e. The quantitative estimate of drug-likeness (QED) is 0.742. The lowest BCUT2D eigenvalue weighted by Crippen LogP contribution is -2.03. The third-order valence-electron chi connectivity index (χ3n) is 3.48. The molecule has 0 aliphatic heterocycles. The van der Waals surface area contributed by atoms with Gasteiger partial charge in [0.05, 0.1) is 18.4 Å². The predicted octanol–water partition coefficient (Wildman–Crippen LogP) is 3.92. The van der Waals surface area contributed by atoms with E-state index in [0.717, 1.165) is 24.5 Å². The maximum atomic E-state index is 4.22. The molecule has 3 aromatic rings. The van der Waals surface area contributed by atoms with Crippen LogP contribution in [-0.4, -0.2) is 9.97 Å². The number of hydrogen-bond donors (Lipinski definition) is 2. The van der Waals surface area contributed by atoms with Crippen molar-refractivity contribution in [3.8, 4) is 0 Å². The summed E-state index contributed by atoms with van der Waals surface area (Å²) in [7, 11) is 0. The number of imidazole rings is 1. The molecule has 0 aliphatic carbocycles. The fraction of sp³-hybridized carbons (Fsp3) is 0.167. The lowest BCUT2D eigenvalue weighted by atomic mass is 10.0. The summed E-state index contributed by atoms with van der Waals surface area (Å²) in [4.78, 5) is 7.47. The van der Waals surface area contributed by atoms with E-state index in [2.05, 4.69) is 63.8 Å². The molecule has 3 rings (SSSR count). The number of nitrogens with zero attached hydrogens (tertiary/aromatic N) is 1. The number of anilines is 1. The molecule has 0 spiro atoms. The monoisotopic (exact) mass is 277 g/mol. The molecule has 0 amide bonds. The predicted molar refractivity (Wildman–Crippen MR) is 86.3 cm³/mol. The Labute approximate surface area is 125 Å². The second-order valence-corrected chi connectivity index (χ2v) is 5.17. The second kappa shape index (κ2) is 6.27. The summed E-state index contributed by atoms with van der Waals surface area (Å²) in [5, 5.41) is 3.49. The zero-order valence-corrected chi connectivity index (χ0v) is 12.1. The van der Waals surface area contributed by atoms with Gasteiger partial charge in [-0.3, -0.25) is 0 Å². The number of H-pyrrole nitrogens is 1. The van der Waals surface area contributed by atoms with E-state index in [1.54, 1.807) is 0 Å². The third kappa shape index (κ3) is 3.51. The maximum absolute atomic E-state index is 4.22. The highest BCUT2D eigenvalue weighted by molar-refractivity contribution is 5.52. The molecule has 1 aromatic heterocycles. The standard InChI is InChI=1S/C18H19N3/c1-14-19-12-17(21-14)13-20-18-10-6-5-9-16(18)11-15-7-3-2-4-8-15/h2-10,12,20H,11,13H2,1H3,(H,19,21). The van der Waals surface area contributed by atoms with E-state index < -0.39 is 0 Å². The molecule has 0 fully saturated rings. The van der Waals surface area contributed by atoms with Gasteiger partial charge in [0.25, 0.3) is 0 Å². The summed E-state index contributed by atoms with van der Waals surface area (Å²) in [5.41, 5.74) is 4.90. The van der Waals surface area contributed by atoms with Crippen molar-refractivity contribution < 1.29 is 0 Å². The van der Waals surface area contributed by atoms with Gasteiger partial charge in [-0.25, -0.2) is 4.98 Å². The topological polar surface area (TPSA) is 40.7 Å². The van der Waals surface area contributed by atoms with E-state index in [4.69, 9.17) is 0 Å². The Morgan fingerprint density at radius 2 is 1.76 bits per heavy atom. The summed E-state index contributed by atoms with van der Waals surface area (Å²) < 4.78 is 0. The van der Waals surface area contributed by atoms with Crippen LogP contribution < -0.4 is 5.32 Å². The SMILES string of the molecule is Cc1ncc(CNc2ccccc2Cc2ccccc2)[nH]1. The molecule has 106 valence electrons. The molecular formula is C18H19N3. The van der Waals surface area contributed by atoms with Crippen LogP contribution in [0.25, 0.3) is 0 Å². The van der Waals surface area contributed by atoms with E-state index in [1.165, 1.54) is 16.8 Å². The van der Waals surface area contributed by atoms with Gasteiger partial charge in [-0.1, -0.05) is 48.5 Å². The third-order valence-corrected chi connectivity index (χ3v) is 3.48. The first-order valence-corrected chi connectivity index (χ1v) is 7.17. The van der Waals surface area contributed by atoms with Gasteiger partial charge in [0.15, 0.2) is 0 Å². The Kier molecular flexibility index (Phi) is 4.01. The van der Waals surface area contributed by atoms with Crippen LogP contribution in [0.2, 0.25) is 0 Å². The van der Waals surface area contributed by atoms with E-state index >= 15 is 0 Å². The zero-order valence-electron chi connectivity index (χ0n) is 12.1. The van der Waals surface area contributed by atoms with Crippen LogP contribution in [0.4, 0.5) is 5.69 Å². The summed E-state index contributed by atoms with van der Waals surface area (Å²) in [6, 6.07) is 19.0. The molecule has 3 nitrogen and oxygen atoms in total. The average Bonchev–Trinajstić information content (AvgIpc) is 2.93. The molecule has 0 saturated heterocycles. The first-order valence-electron chi connectivity index (χ1n) is 7.17. The minimum absolute atomic E-state index is 0.757. The number of benzene rings is 2. The van der Waals surface area contributed by atoms with Crippen molar-refractivity contribution in [3.63, 3.8) is 0 Å². The van der Waals surface area contributed by atoms with Crippen molar-refractivity contribution >= 4 is 5.69 Å². The van der Waals surface area contributed by atoms with E-state index in [9.17, 15) is 0 Å². The van der Waals surface area contributed by atoms with Gasteiger partial charge < -0.3 is 10.3 Å². The van der Waals surface area contributed by atoms with Gasteiger partial charge in [0, 0.05) is 5.69 Å². The Morgan fingerprint density at radius 3 is 2.52 bits per heavy atom. The van der Waals surface area contributed by atoms with Crippen molar-refractivity contribution in [2.45, 2.75) is 19.9 Å². The molecule has 21 heavy (non-hydrogen) atoms. The number of hydrogen-bond acceptors (Lipinski definition) is 2. The second-order valence-electron chi connectivity index (χ2n) is 5.17. The first-order chi connectivity index (χ1) is 10.3. The molecule has 0 atom stereocenters. The minimum Gasteiger partial charge on any atom is -0.379 e. The Balaban J connectivity index is 1.73. The van der Waals surface area contributed by atoms with Gasteiger partial charge in [-0.05, 0) is 30.5 Å². The number of aromatic nitrogens is 2. The van der Waals surface area contributed by atoms with E-state index in [0.29, 0.717) is 0 Å². The minimum atomic E-state index is 0.757. The van der Waals surface area contributed by atoms with Crippen LogP contribution in [0.15, 0.2) is 60.8 Å². The molecular weight excluding hydrogens is 258 g/mol. The number of para-hydroxylation sites is 1. The molecule has 2 N–H and O–H groups in total. The molecule has 1 heterocycles. The molecule has 0 aliphatic rings. The van der Waals surface area contributed by atoms with Crippen molar-refractivity contribution in [3.05, 3.63) is 83.4 Å². The summed E-state index contributed by atoms with van der Waals surface area (Å²) in [6.07, 6.45) is 2.81. The van der Waals surface area contributed by atoms with Crippen molar-refractivity contribution in [1.29, 1.82) is 0 Å². The largest absolute Gasteiger partial charge is 0.379 e. The van der Waals surface area contributed by atoms with Gasteiger partial charge in [0.1, 0.15) is 5.82 Å². The van der Waals surface area contributed by atoms with E-state index in [-0.39, 0.29) is 0 Å². The van der Waals surface area contributed by atoms with E-state index in [1.807, 2.05) is 19.2 Å². The smallest absolute Gasteiger partial charge is 0.103 e. The normalized spacial score (nSPS) is 10.5. The number of aryl methyl sites for hydroxylation is 1. The van der Waals surface area contributed by atoms with Gasteiger partial charge in [0.2, 0.25) is 0 Å². The highest BCUT2D eigenvalue weighted by Crippen LogP contribution is 2.19. The lowest BCUT2D eigenvalue weighted by molar-refractivity contribution is 1.04. The molecule has 0 unspecified atom stereocenters. The van der Waals surface area contributed by atoms with Crippen molar-refractivity contribution in [2.24, 2.45) is 0 Å². The molecule has 0 bridgehead atoms. The Hall–Kier alpha value is -2.55. The number of nitrogens with one attached hydrogen (secondary N) is 2. The van der Waals surface area contributed by atoms with Crippen LogP contribution in [0.1, 0.15) is 22.6 Å². The first kappa shape index (κ1) is 13.4. The summed E-state index contributed by atoms with van der Waals surface area (Å²) >= 11 is 0. The van der Waals surface area contributed by atoms with Crippen molar-refractivity contribution in [2.75, 3.05) is 5.32 Å². The number of rotatable bonds is 5. The van der Waals surface area contributed by atoms with Crippen LogP contribution >= 0.6 is 0 Å². The van der Waals surface area contributed by atoms with Gasteiger partial charge in [-0.15, -0.1) is 0 Å². The summed E-state index contributed by atoms with van der Waals surface area (Å²) in [6.45, 7) is 2.72. The zero-order chi connectivity index (χ0) is 14.5. The molecule has 0 saturated carbocycles. The Morgan fingerprint density at radius 1 is 1.00 bits per heavy atom. The van der Waals surface area contributed by atoms with Crippen LogP contribution in [-0.2, 0) is 13.0 Å². The molecule has 0 radical (unpaired) electrons. The molecule has 2 aromatic carbocycles. The fourth-order valence-corrected chi connectivity index (χ4v) is 2.41. The van der Waals surface area contributed by atoms with Crippen LogP contribution in [0.3, 0.4) is 0 Å². The highest BCUT2D eigenvalue weighted by Gasteiger charge is 2.03. The Bertz CT molecular complexity index is 701. The average molecular weight is 277 g/mol. The van der Waals surface area contributed by atoms with Crippen LogP contribution in [0.5, 0.6) is 0 Å². The van der Waals surface area contributed by atoms with Gasteiger partial charge in [-0.2, -0.15) is 0 Å². The lowest BCUT2D eigenvalue weighted by Gasteiger charge is -2.11. The van der Waals surface area contributed by atoms with Crippen molar-refractivity contribution in [1.82, 2.24) is 9.97 Å². The van der Waals surface area contributed by atoms with Gasteiger partial charge >= 0.3 is 0 Å². The fourth-order valence-electron chi connectivity index (χ4n) is 2.41. The van der Waals surface area contributed by atoms with Crippen LogP contribution in [0, 0.1) is 6.92 Å². The highest BCUT2D eigenvalue weighted by atomic mass is 15.0. The summed E-state index contributed by atoms with van der Waals surface area (Å²) in [5.74, 6) is 0.948. The molecule has 3 heteroatoms.